The number of nitrogens with one attached hydrogen (secondary N) is 2. The van der Waals surface area contributed by atoms with Gasteiger partial charge in [-0.1, -0.05) is 18.1 Å². The van der Waals surface area contributed by atoms with Crippen LogP contribution in [-0.2, 0) is 11.3 Å². The van der Waals surface area contributed by atoms with Crippen LogP contribution in [0, 0.1) is 12.3 Å². The first-order valence-electron chi connectivity index (χ1n) is 7.03. The first-order valence-corrected chi connectivity index (χ1v) is 7.91. The van der Waals surface area contributed by atoms with E-state index in [9.17, 15) is 4.79 Å². The molecule has 0 saturated carbocycles. The first kappa shape index (κ1) is 17.6. The number of rotatable bonds is 6. The largest absolute Gasteiger partial charge is 0.344 e. The number of thioether (sulfide) groups is 1. The summed E-state index contributed by atoms with van der Waals surface area (Å²) >= 11 is 1.53. The molecule has 2 N–H and O–H groups in total. The summed E-state index contributed by atoms with van der Waals surface area (Å²) in [4.78, 5) is 12.8. The molecule has 3 nitrogen and oxygen atoms in total. The van der Waals surface area contributed by atoms with E-state index >= 15 is 0 Å². The van der Waals surface area contributed by atoms with E-state index in [4.69, 9.17) is 6.42 Å². The molecule has 0 aromatic heterocycles. The van der Waals surface area contributed by atoms with Crippen LogP contribution in [0.5, 0.6) is 0 Å². The molecule has 0 radical (unpaired) electrons. The van der Waals surface area contributed by atoms with Gasteiger partial charge in [0.15, 0.2) is 0 Å². The Morgan fingerprint density at radius 1 is 1.33 bits per heavy atom. The van der Waals surface area contributed by atoms with Crippen LogP contribution in [0.2, 0.25) is 0 Å². The molecule has 4 heteroatoms. The van der Waals surface area contributed by atoms with Crippen molar-refractivity contribution in [2.24, 2.45) is 0 Å². The van der Waals surface area contributed by atoms with Crippen molar-refractivity contribution in [1.29, 1.82) is 0 Å². The highest BCUT2D eigenvalue weighted by Gasteiger charge is 2.13. The second-order valence-electron chi connectivity index (χ2n) is 5.93. The topological polar surface area (TPSA) is 41.1 Å². The maximum absolute atomic E-state index is 11.7. The van der Waals surface area contributed by atoms with Crippen LogP contribution in [0.4, 0.5) is 0 Å². The highest BCUT2D eigenvalue weighted by Crippen LogP contribution is 2.23. The summed E-state index contributed by atoms with van der Waals surface area (Å²) < 4.78 is 0. The van der Waals surface area contributed by atoms with Gasteiger partial charge in [0, 0.05) is 17.0 Å². The van der Waals surface area contributed by atoms with Gasteiger partial charge in [0.05, 0.1) is 11.8 Å². The average Bonchev–Trinajstić information content (AvgIpc) is 2.43. The van der Waals surface area contributed by atoms with Crippen LogP contribution in [0.3, 0.4) is 0 Å². The third-order valence-electron chi connectivity index (χ3n) is 2.79. The van der Waals surface area contributed by atoms with Crippen molar-refractivity contribution in [3.8, 4) is 12.3 Å². The number of benzene rings is 1. The van der Waals surface area contributed by atoms with Crippen LogP contribution in [0.1, 0.15) is 33.3 Å². The third-order valence-corrected chi connectivity index (χ3v) is 3.90. The summed E-state index contributed by atoms with van der Waals surface area (Å²) in [6.07, 6.45) is 5.13. The second kappa shape index (κ2) is 8.11. The minimum atomic E-state index is -0.156. The molecule has 0 fully saturated rings. The predicted octanol–water partition coefficient (Wildman–Crippen LogP) is 2.80. The highest BCUT2D eigenvalue weighted by molar-refractivity contribution is 8.00. The fraction of sp³-hybridized carbons (Fsp3) is 0.471. The van der Waals surface area contributed by atoms with Crippen LogP contribution >= 0.6 is 11.8 Å². The molecule has 0 aliphatic heterocycles. The van der Waals surface area contributed by atoms with Crippen LogP contribution < -0.4 is 10.6 Å². The summed E-state index contributed by atoms with van der Waals surface area (Å²) in [6, 6.07) is 8.28. The van der Waals surface area contributed by atoms with Gasteiger partial charge >= 0.3 is 0 Å². The minimum Gasteiger partial charge on any atom is -0.344 e. The van der Waals surface area contributed by atoms with Gasteiger partial charge in [-0.05, 0) is 45.4 Å². The zero-order valence-corrected chi connectivity index (χ0v) is 14.0. The maximum Gasteiger partial charge on any atom is 0.233 e. The van der Waals surface area contributed by atoms with Crippen molar-refractivity contribution in [3.63, 3.8) is 0 Å². The van der Waals surface area contributed by atoms with Gasteiger partial charge in [0.2, 0.25) is 5.91 Å². The SMILES string of the molecule is C#CCNC(=O)C(C)Sc1ccc(CNC(C)(C)C)cc1. The monoisotopic (exact) mass is 304 g/mol. The predicted molar refractivity (Wildman–Crippen MR) is 90.2 cm³/mol. The Morgan fingerprint density at radius 2 is 1.95 bits per heavy atom. The lowest BCUT2D eigenvalue weighted by molar-refractivity contribution is -0.120. The lowest BCUT2D eigenvalue weighted by Gasteiger charge is -2.20. The van der Waals surface area contributed by atoms with E-state index < -0.39 is 0 Å². The molecule has 0 bridgehead atoms. The van der Waals surface area contributed by atoms with Gasteiger partial charge in [-0.15, -0.1) is 18.2 Å². The number of amides is 1. The summed E-state index contributed by atoms with van der Waals surface area (Å²) in [5.74, 6) is 2.37. The van der Waals surface area contributed by atoms with Crippen molar-refractivity contribution in [2.75, 3.05) is 6.54 Å². The summed E-state index contributed by atoms with van der Waals surface area (Å²) in [5, 5.41) is 5.99. The molecule has 0 heterocycles. The van der Waals surface area contributed by atoms with E-state index in [1.165, 1.54) is 17.3 Å². The van der Waals surface area contributed by atoms with E-state index in [0.717, 1.165) is 11.4 Å². The lowest BCUT2D eigenvalue weighted by Crippen LogP contribution is -2.35. The van der Waals surface area contributed by atoms with E-state index in [-0.39, 0.29) is 23.2 Å². The Kier molecular flexibility index (Phi) is 6.80. The van der Waals surface area contributed by atoms with Gasteiger partial charge in [-0.3, -0.25) is 4.79 Å². The van der Waals surface area contributed by atoms with Crippen LogP contribution in [-0.4, -0.2) is 23.2 Å². The number of hydrogen-bond donors (Lipinski definition) is 2. The number of carbonyl (C=O) groups is 1. The number of carbonyl (C=O) groups excluding carboxylic acids is 1. The molecule has 0 aliphatic rings. The molecular weight excluding hydrogens is 280 g/mol. The molecular formula is C17H24N2OS. The quantitative estimate of drug-likeness (QED) is 0.627. The Balaban J connectivity index is 2.51. The molecule has 1 atom stereocenters. The third kappa shape index (κ3) is 7.22. The minimum absolute atomic E-state index is 0.0311. The summed E-state index contributed by atoms with van der Waals surface area (Å²) in [7, 11) is 0. The van der Waals surface area contributed by atoms with Gasteiger partial charge in [0.25, 0.3) is 0 Å². The molecule has 114 valence electrons. The molecule has 0 saturated heterocycles. The van der Waals surface area contributed by atoms with Crippen LogP contribution in [0.15, 0.2) is 29.2 Å². The molecule has 1 unspecified atom stereocenters. The molecule has 1 aromatic rings. The lowest BCUT2D eigenvalue weighted by atomic mass is 10.1. The zero-order chi connectivity index (χ0) is 15.9. The molecule has 1 amide bonds. The first-order chi connectivity index (χ1) is 9.81. The Labute approximate surface area is 132 Å². The van der Waals surface area contributed by atoms with Crippen molar-refractivity contribution < 1.29 is 4.79 Å². The number of hydrogen-bond acceptors (Lipinski definition) is 3. The normalized spacial score (nSPS) is 12.5. The molecule has 0 aliphatic carbocycles. The molecule has 1 aromatic carbocycles. The Hall–Kier alpha value is -1.44. The van der Waals surface area contributed by atoms with E-state index in [1.807, 2.05) is 6.92 Å². The van der Waals surface area contributed by atoms with Gasteiger partial charge in [-0.2, -0.15) is 0 Å². The van der Waals surface area contributed by atoms with Gasteiger partial charge in [0.1, 0.15) is 0 Å². The van der Waals surface area contributed by atoms with Crippen molar-refractivity contribution in [3.05, 3.63) is 29.8 Å². The van der Waals surface area contributed by atoms with Gasteiger partial charge in [-0.25, -0.2) is 0 Å². The molecule has 1 rings (SSSR count). The zero-order valence-electron chi connectivity index (χ0n) is 13.2. The Bertz CT molecular complexity index is 497. The number of terminal acetylenes is 1. The van der Waals surface area contributed by atoms with Crippen molar-refractivity contribution in [1.82, 2.24) is 10.6 Å². The standard InChI is InChI=1S/C17H24N2OS/c1-6-11-18-16(20)13(2)21-15-9-7-14(8-10-15)12-19-17(3,4)5/h1,7-10,13,19H,11-12H2,2-5H3,(H,18,20). The molecule has 0 spiro atoms. The highest BCUT2D eigenvalue weighted by atomic mass is 32.2. The fourth-order valence-electron chi connectivity index (χ4n) is 1.59. The second-order valence-corrected chi connectivity index (χ2v) is 7.34. The van der Waals surface area contributed by atoms with Gasteiger partial charge < -0.3 is 10.6 Å². The van der Waals surface area contributed by atoms with Crippen molar-refractivity contribution in [2.45, 2.75) is 49.9 Å². The Morgan fingerprint density at radius 3 is 2.48 bits per heavy atom. The van der Waals surface area contributed by atoms with E-state index in [1.54, 1.807) is 0 Å². The summed E-state index contributed by atoms with van der Waals surface area (Å²) in [5.41, 5.74) is 1.34. The van der Waals surface area contributed by atoms with Crippen molar-refractivity contribution >= 4 is 17.7 Å². The van der Waals surface area contributed by atoms with E-state index in [0.29, 0.717) is 0 Å². The maximum atomic E-state index is 11.7. The fourth-order valence-corrected chi connectivity index (χ4v) is 2.48. The average molecular weight is 304 g/mol. The smallest absolute Gasteiger partial charge is 0.233 e. The molecule has 21 heavy (non-hydrogen) atoms. The van der Waals surface area contributed by atoms with E-state index in [2.05, 4.69) is 61.6 Å². The van der Waals surface area contributed by atoms with Crippen LogP contribution in [0.25, 0.3) is 0 Å². The summed E-state index contributed by atoms with van der Waals surface area (Å²) in [6.45, 7) is 9.44.